The van der Waals surface area contributed by atoms with Gasteiger partial charge in [0.1, 0.15) is 11.6 Å². The van der Waals surface area contributed by atoms with E-state index in [4.69, 9.17) is 11.6 Å². The first-order valence-electron chi connectivity index (χ1n) is 9.88. The van der Waals surface area contributed by atoms with Gasteiger partial charge in [0.15, 0.2) is 0 Å². The molecule has 4 aromatic rings. The summed E-state index contributed by atoms with van der Waals surface area (Å²) in [6.45, 7) is 3.71. The van der Waals surface area contributed by atoms with Crippen LogP contribution in [0.4, 0.5) is 8.78 Å². The zero-order chi connectivity index (χ0) is 21.8. The molecular formula is C26H17ClF2N2Pt. The van der Waals surface area contributed by atoms with Crippen LogP contribution < -0.4 is 0 Å². The number of nitrogens with zero attached hydrogens (tertiary/aromatic N) is 2. The van der Waals surface area contributed by atoms with E-state index in [0.717, 1.165) is 51.3 Å². The first-order valence-corrected chi connectivity index (χ1v) is 10.3. The number of halogens is 3. The van der Waals surface area contributed by atoms with E-state index in [1.165, 1.54) is 0 Å². The maximum Gasteiger partial charge on any atom is 2.00 e. The molecule has 0 N–H and O–H groups in total. The summed E-state index contributed by atoms with van der Waals surface area (Å²) in [5.41, 5.74) is 5.56. The fourth-order valence-electron chi connectivity index (χ4n) is 4.08. The SMILES string of the molecule is CC(C)(c1[c-]c2c(cc1)Cc1c-2[c-]c(-c2ccccn2)cc1Cl)c1ncc(F)cc1F.[Pt+2]. The van der Waals surface area contributed by atoms with E-state index >= 15 is 0 Å². The van der Waals surface area contributed by atoms with Crippen LogP contribution in [-0.2, 0) is 32.9 Å². The zero-order valence-corrected chi connectivity index (χ0v) is 20.3. The van der Waals surface area contributed by atoms with Gasteiger partial charge in [0.2, 0.25) is 0 Å². The average molecular weight is 626 g/mol. The molecule has 0 atom stereocenters. The smallest absolute Gasteiger partial charge is 0.295 e. The zero-order valence-electron chi connectivity index (χ0n) is 17.2. The van der Waals surface area contributed by atoms with Crippen LogP contribution in [0.5, 0.6) is 0 Å². The van der Waals surface area contributed by atoms with Gasteiger partial charge in [0.05, 0.1) is 11.9 Å². The Morgan fingerprint density at radius 3 is 2.53 bits per heavy atom. The Hall–Kier alpha value is -2.42. The molecule has 32 heavy (non-hydrogen) atoms. The predicted octanol–water partition coefficient (Wildman–Crippen LogP) is 6.57. The van der Waals surface area contributed by atoms with E-state index in [-0.39, 0.29) is 26.8 Å². The standard InChI is InChI=1S/C26H17ClF2N2.Pt/c1-26(2,25-23(29)13-18(28)14-31-25)17-7-6-15-9-21-20(19(15)12-17)10-16(11-22(21)27)24-5-3-4-8-30-24;/h3-8,11,13-14H,9H2,1-2H3;/q-2;+2. The number of pyridine rings is 2. The largest absolute Gasteiger partial charge is 2.00 e. The summed E-state index contributed by atoms with van der Waals surface area (Å²) in [5.74, 6) is -1.37. The van der Waals surface area contributed by atoms with E-state index < -0.39 is 17.0 Å². The summed E-state index contributed by atoms with van der Waals surface area (Å²) in [4.78, 5) is 8.43. The second-order valence-corrected chi connectivity index (χ2v) is 8.56. The Morgan fingerprint density at radius 2 is 1.81 bits per heavy atom. The Morgan fingerprint density at radius 1 is 1.00 bits per heavy atom. The number of hydrogen-bond donors (Lipinski definition) is 0. The van der Waals surface area contributed by atoms with Gasteiger partial charge in [0, 0.05) is 23.4 Å². The van der Waals surface area contributed by atoms with Gasteiger partial charge in [-0.25, -0.2) is 14.3 Å². The Kier molecular flexibility index (Phi) is 6.04. The number of benzene rings is 2. The third kappa shape index (κ3) is 3.80. The summed E-state index contributed by atoms with van der Waals surface area (Å²) >= 11 is 6.62. The minimum Gasteiger partial charge on any atom is -0.295 e. The molecule has 0 amide bonds. The second kappa shape index (κ2) is 8.50. The van der Waals surface area contributed by atoms with Gasteiger partial charge in [-0.3, -0.25) is 9.97 Å². The fourth-order valence-corrected chi connectivity index (χ4v) is 4.35. The summed E-state index contributed by atoms with van der Waals surface area (Å²) in [7, 11) is 0. The van der Waals surface area contributed by atoms with Crippen LogP contribution in [0, 0.1) is 23.8 Å². The maximum atomic E-state index is 14.5. The van der Waals surface area contributed by atoms with Crippen molar-refractivity contribution in [2.24, 2.45) is 0 Å². The van der Waals surface area contributed by atoms with Gasteiger partial charge >= 0.3 is 21.1 Å². The molecule has 0 radical (unpaired) electrons. The van der Waals surface area contributed by atoms with E-state index in [1.54, 1.807) is 6.20 Å². The molecule has 0 fully saturated rings. The summed E-state index contributed by atoms with van der Waals surface area (Å²) in [6.07, 6.45) is 3.45. The molecule has 2 aromatic heterocycles. The van der Waals surface area contributed by atoms with Crippen molar-refractivity contribution in [3.8, 4) is 22.4 Å². The van der Waals surface area contributed by atoms with Crippen molar-refractivity contribution in [2.75, 3.05) is 0 Å². The molecule has 0 aliphatic heterocycles. The minimum absolute atomic E-state index is 0. The molecule has 2 aromatic carbocycles. The first-order chi connectivity index (χ1) is 14.8. The number of rotatable bonds is 3. The molecule has 0 bridgehead atoms. The van der Waals surface area contributed by atoms with Crippen molar-refractivity contribution in [1.29, 1.82) is 0 Å². The van der Waals surface area contributed by atoms with Crippen LogP contribution in [0.25, 0.3) is 22.4 Å². The molecule has 0 saturated heterocycles. The van der Waals surface area contributed by atoms with Crippen molar-refractivity contribution in [2.45, 2.75) is 25.7 Å². The van der Waals surface area contributed by atoms with Crippen LogP contribution in [0.2, 0.25) is 5.02 Å². The Balaban J connectivity index is 0.00000245. The fraction of sp³-hybridized carbons (Fsp3) is 0.154. The quantitative estimate of drug-likeness (QED) is 0.212. The van der Waals surface area contributed by atoms with Gasteiger partial charge in [-0.2, -0.15) is 23.3 Å². The van der Waals surface area contributed by atoms with Gasteiger partial charge in [0.25, 0.3) is 0 Å². The van der Waals surface area contributed by atoms with E-state index in [2.05, 4.69) is 22.1 Å². The minimum atomic E-state index is -0.808. The van der Waals surface area contributed by atoms with Gasteiger partial charge < -0.3 is 0 Å². The second-order valence-electron chi connectivity index (χ2n) is 8.16. The molecule has 1 aliphatic rings. The molecule has 5 rings (SSSR count). The van der Waals surface area contributed by atoms with Crippen molar-refractivity contribution >= 4 is 11.6 Å². The van der Waals surface area contributed by atoms with Crippen molar-refractivity contribution < 1.29 is 29.8 Å². The Bertz CT molecular complexity index is 1320. The number of aromatic nitrogens is 2. The van der Waals surface area contributed by atoms with Gasteiger partial charge in [-0.15, -0.1) is 46.5 Å². The molecule has 6 heteroatoms. The van der Waals surface area contributed by atoms with E-state index in [0.29, 0.717) is 11.4 Å². The molecule has 0 spiro atoms. The third-order valence-electron chi connectivity index (χ3n) is 5.78. The van der Waals surface area contributed by atoms with E-state index in [9.17, 15) is 8.78 Å². The molecule has 0 saturated carbocycles. The van der Waals surface area contributed by atoms with Crippen LogP contribution in [0.3, 0.4) is 0 Å². The molecule has 1 aliphatic carbocycles. The van der Waals surface area contributed by atoms with Crippen molar-refractivity contribution in [3.05, 3.63) is 106 Å². The van der Waals surface area contributed by atoms with Crippen LogP contribution in [-0.4, -0.2) is 9.97 Å². The molecule has 0 unspecified atom stereocenters. The molecule has 2 nitrogen and oxygen atoms in total. The molecule has 2 heterocycles. The average Bonchev–Trinajstić information content (AvgIpc) is 3.13. The predicted molar refractivity (Wildman–Crippen MR) is 117 cm³/mol. The number of hydrogen-bond acceptors (Lipinski definition) is 2. The third-order valence-corrected chi connectivity index (χ3v) is 6.12. The molecular weight excluding hydrogens is 609 g/mol. The number of fused-ring (bicyclic) bond motifs is 3. The normalized spacial score (nSPS) is 12.2. The Labute approximate surface area is 205 Å². The maximum absolute atomic E-state index is 14.5. The summed E-state index contributed by atoms with van der Waals surface area (Å²) < 4.78 is 27.9. The van der Waals surface area contributed by atoms with Crippen LogP contribution >= 0.6 is 11.6 Å². The van der Waals surface area contributed by atoms with Gasteiger partial charge in [-0.1, -0.05) is 32.4 Å². The summed E-state index contributed by atoms with van der Waals surface area (Å²) in [6, 6.07) is 19.3. The van der Waals surface area contributed by atoms with Crippen molar-refractivity contribution in [1.82, 2.24) is 9.97 Å². The topological polar surface area (TPSA) is 25.8 Å². The van der Waals surface area contributed by atoms with Gasteiger partial charge in [-0.05, 0) is 11.1 Å². The van der Waals surface area contributed by atoms with Crippen LogP contribution in [0.15, 0.2) is 54.9 Å². The monoisotopic (exact) mass is 625 g/mol. The van der Waals surface area contributed by atoms with Crippen molar-refractivity contribution in [3.63, 3.8) is 0 Å². The van der Waals surface area contributed by atoms with E-state index in [1.807, 2.05) is 50.2 Å². The van der Waals surface area contributed by atoms with Crippen LogP contribution in [0.1, 0.15) is 36.2 Å². The molecule has 162 valence electrons. The summed E-state index contributed by atoms with van der Waals surface area (Å²) in [5, 5.41) is 0.658. The first kappa shape index (κ1) is 22.8.